The summed E-state index contributed by atoms with van der Waals surface area (Å²) < 4.78 is 2.17. The smallest absolute Gasteiger partial charge is 0.147 e. The van der Waals surface area contributed by atoms with Crippen molar-refractivity contribution < 1.29 is 0 Å². The summed E-state index contributed by atoms with van der Waals surface area (Å²) in [5, 5.41) is 1.19. The minimum absolute atomic E-state index is 0.518. The van der Waals surface area contributed by atoms with Crippen molar-refractivity contribution >= 4 is 29.0 Å². The van der Waals surface area contributed by atoms with Crippen LogP contribution < -0.4 is 4.90 Å². The fourth-order valence-electron chi connectivity index (χ4n) is 2.50. The third kappa shape index (κ3) is 2.69. The summed E-state index contributed by atoms with van der Waals surface area (Å²) in [5.41, 5.74) is 0. The summed E-state index contributed by atoms with van der Waals surface area (Å²) in [5.74, 6) is 0.829. The number of piperidine rings is 1. The fraction of sp³-hybridized carbons (Fsp3) is 0.385. The van der Waals surface area contributed by atoms with Crippen molar-refractivity contribution in [1.82, 2.24) is 14.5 Å². The third-order valence-corrected chi connectivity index (χ3v) is 3.98. The second-order valence-electron chi connectivity index (χ2n) is 4.69. The Morgan fingerprint density at radius 2 is 2.00 bits per heavy atom. The molecule has 0 atom stereocenters. The molecule has 0 bridgehead atoms. The zero-order valence-electron chi connectivity index (χ0n) is 10.3. The first-order valence-electron chi connectivity index (χ1n) is 6.27. The van der Waals surface area contributed by atoms with E-state index in [4.69, 9.17) is 23.2 Å². The molecular formula is C13H14Cl2N4. The topological polar surface area (TPSA) is 34.0 Å². The molecule has 2 aromatic heterocycles. The Morgan fingerprint density at radius 1 is 1.21 bits per heavy atom. The molecule has 0 spiro atoms. The van der Waals surface area contributed by atoms with Crippen molar-refractivity contribution in [1.29, 1.82) is 0 Å². The van der Waals surface area contributed by atoms with E-state index in [1.807, 2.05) is 18.7 Å². The minimum Gasteiger partial charge on any atom is -0.355 e. The lowest BCUT2D eigenvalue weighted by Gasteiger charge is -2.33. The number of rotatable bonds is 2. The molecular weight excluding hydrogens is 283 g/mol. The minimum atomic E-state index is 0.518. The first kappa shape index (κ1) is 12.8. The van der Waals surface area contributed by atoms with Gasteiger partial charge in [-0.15, -0.1) is 0 Å². The van der Waals surface area contributed by atoms with Gasteiger partial charge >= 0.3 is 0 Å². The van der Waals surface area contributed by atoms with Crippen molar-refractivity contribution in [3.05, 3.63) is 41.0 Å². The standard InChI is InChI=1S/C13H14Cl2N4/c14-10-7-12(15)13(17-8-10)18-4-1-11(2-5-18)19-6-3-16-9-19/h3,6-9,11H,1-2,4-5H2. The van der Waals surface area contributed by atoms with E-state index >= 15 is 0 Å². The molecule has 1 aliphatic heterocycles. The van der Waals surface area contributed by atoms with Crippen LogP contribution in [0.15, 0.2) is 31.0 Å². The quantitative estimate of drug-likeness (QED) is 0.851. The average Bonchev–Trinajstić information content (AvgIpc) is 2.93. The Labute approximate surface area is 122 Å². The van der Waals surface area contributed by atoms with E-state index in [-0.39, 0.29) is 0 Å². The van der Waals surface area contributed by atoms with Crippen molar-refractivity contribution in [2.24, 2.45) is 0 Å². The summed E-state index contributed by atoms with van der Waals surface area (Å²) in [4.78, 5) is 10.6. The lowest BCUT2D eigenvalue weighted by Crippen LogP contribution is -2.35. The van der Waals surface area contributed by atoms with E-state index in [0.717, 1.165) is 31.7 Å². The van der Waals surface area contributed by atoms with E-state index in [1.165, 1.54) is 0 Å². The second-order valence-corrected chi connectivity index (χ2v) is 5.53. The molecule has 0 amide bonds. The fourth-order valence-corrected chi connectivity index (χ4v) is 3.00. The maximum Gasteiger partial charge on any atom is 0.147 e. The van der Waals surface area contributed by atoms with Crippen LogP contribution in [0, 0.1) is 0 Å². The Bertz CT molecular complexity index is 548. The number of anilines is 1. The first-order valence-corrected chi connectivity index (χ1v) is 7.03. The number of halogens is 2. The van der Waals surface area contributed by atoms with E-state index in [9.17, 15) is 0 Å². The predicted molar refractivity (Wildman–Crippen MR) is 77.0 cm³/mol. The van der Waals surface area contributed by atoms with Gasteiger partial charge in [0.1, 0.15) is 5.82 Å². The summed E-state index contributed by atoms with van der Waals surface area (Å²) in [7, 11) is 0. The summed E-state index contributed by atoms with van der Waals surface area (Å²) >= 11 is 12.1. The Kier molecular flexibility index (Phi) is 3.62. The van der Waals surface area contributed by atoms with E-state index in [0.29, 0.717) is 16.1 Å². The van der Waals surface area contributed by atoms with Gasteiger partial charge in [0.15, 0.2) is 0 Å². The van der Waals surface area contributed by atoms with Crippen molar-refractivity contribution in [2.75, 3.05) is 18.0 Å². The molecule has 0 aromatic carbocycles. The average molecular weight is 297 g/mol. The van der Waals surface area contributed by atoms with Crippen LogP contribution in [-0.2, 0) is 0 Å². The van der Waals surface area contributed by atoms with Crippen LogP contribution in [0.3, 0.4) is 0 Å². The maximum atomic E-state index is 6.19. The van der Waals surface area contributed by atoms with Gasteiger partial charge in [-0.1, -0.05) is 23.2 Å². The van der Waals surface area contributed by atoms with Gasteiger partial charge in [0.2, 0.25) is 0 Å². The summed E-state index contributed by atoms with van der Waals surface area (Å²) in [6.07, 6.45) is 9.50. The number of hydrogen-bond donors (Lipinski definition) is 0. The number of nitrogens with zero attached hydrogens (tertiary/aromatic N) is 4. The normalized spacial score (nSPS) is 16.8. The lowest BCUT2D eigenvalue weighted by atomic mass is 10.1. The highest BCUT2D eigenvalue weighted by Gasteiger charge is 2.22. The van der Waals surface area contributed by atoms with Gasteiger partial charge in [-0.25, -0.2) is 9.97 Å². The molecule has 0 unspecified atom stereocenters. The molecule has 19 heavy (non-hydrogen) atoms. The SMILES string of the molecule is Clc1cnc(N2CCC(n3ccnc3)CC2)c(Cl)c1. The molecule has 3 heterocycles. The molecule has 3 rings (SSSR count). The van der Waals surface area contributed by atoms with Crippen molar-refractivity contribution in [3.8, 4) is 0 Å². The molecule has 4 nitrogen and oxygen atoms in total. The second kappa shape index (κ2) is 5.39. The van der Waals surface area contributed by atoms with Gasteiger partial charge in [0.05, 0.1) is 16.4 Å². The van der Waals surface area contributed by atoms with Gasteiger partial charge in [0.25, 0.3) is 0 Å². The van der Waals surface area contributed by atoms with Crippen LogP contribution in [0.25, 0.3) is 0 Å². The molecule has 0 N–H and O–H groups in total. The molecule has 2 aromatic rings. The molecule has 0 radical (unpaired) electrons. The predicted octanol–water partition coefficient (Wildman–Crippen LogP) is 3.43. The molecule has 0 aliphatic carbocycles. The Morgan fingerprint density at radius 3 is 2.63 bits per heavy atom. The van der Waals surface area contributed by atoms with Crippen LogP contribution in [0.5, 0.6) is 0 Å². The van der Waals surface area contributed by atoms with Gasteiger partial charge in [-0.3, -0.25) is 0 Å². The molecule has 100 valence electrons. The molecule has 1 saturated heterocycles. The summed E-state index contributed by atoms with van der Waals surface area (Å²) in [6, 6.07) is 2.26. The van der Waals surface area contributed by atoms with Gasteiger partial charge in [-0.2, -0.15) is 0 Å². The van der Waals surface area contributed by atoms with E-state index in [1.54, 1.807) is 12.3 Å². The zero-order valence-corrected chi connectivity index (χ0v) is 11.8. The molecule has 1 aliphatic rings. The monoisotopic (exact) mass is 296 g/mol. The van der Waals surface area contributed by atoms with Crippen LogP contribution in [-0.4, -0.2) is 27.6 Å². The van der Waals surface area contributed by atoms with Crippen LogP contribution in [0.2, 0.25) is 10.0 Å². The van der Waals surface area contributed by atoms with Crippen molar-refractivity contribution in [3.63, 3.8) is 0 Å². The highest BCUT2D eigenvalue weighted by atomic mass is 35.5. The molecule has 6 heteroatoms. The molecule has 0 saturated carbocycles. The number of pyridine rings is 1. The number of hydrogen-bond acceptors (Lipinski definition) is 3. The van der Waals surface area contributed by atoms with Gasteiger partial charge < -0.3 is 9.47 Å². The van der Waals surface area contributed by atoms with Gasteiger partial charge in [0, 0.05) is 37.7 Å². The highest BCUT2D eigenvalue weighted by molar-refractivity contribution is 6.36. The first-order chi connectivity index (χ1) is 9.24. The van der Waals surface area contributed by atoms with E-state index in [2.05, 4.69) is 19.4 Å². The Balaban J connectivity index is 1.70. The molecule has 1 fully saturated rings. The largest absolute Gasteiger partial charge is 0.355 e. The lowest BCUT2D eigenvalue weighted by molar-refractivity contribution is 0.395. The van der Waals surface area contributed by atoms with Gasteiger partial charge in [-0.05, 0) is 18.9 Å². The van der Waals surface area contributed by atoms with Crippen molar-refractivity contribution in [2.45, 2.75) is 18.9 Å². The van der Waals surface area contributed by atoms with E-state index < -0.39 is 0 Å². The maximum absolute atomic E-state index is 6.19. The third-order valence-electron chi connectivity index (χ3n) is 3.50. The zero-order chi connectivity index (χ0) is 13.2. The van der Waals surface area contributed by atoms with Crippen LogP contribution >= 0.6 is 23.2 Å². The van der Waals surface area contributed by atoms with Crippen LogP contribution in [0.4, 0.5) is 5.82 Å². The van der Waals surface area contributed by atoms with Crippen LogP contribution in [0.1, 0.15) is 18.9 Å². The number of aromatic nitrogens is 3. The summed E-state index contributed by atoms with van der Waals surface area (Å²) in [6.45, 7) is 1.88. The number of imidazole rings is 1. The Hall–Kier alpha value is -1.26. The highest BCUT2D eigenvalue weighted by Crippen LogP contribution is 2.30.